The van der Waals surface area contributed by atoms with Crippen molar-refractivity contribution in [3.05, 3.63) is 12.2 Å². The number of hydrogen-bond donors (Lipinski definition) is 0. The molecular formula is C19H38Si2. The van der Waals surface area contributed by atoms with Crippen LogP contribution in [0.5, 0.6) is 0 Å². The maximum atomic E-state index is 4.41. The van der Waals surface area contributed by atoms with Gasteiger partial charge in [0.15, 0.2) is 0 Å². The molecule has 2 atom stereocenters. The molecule has 2 aliphatic rings. The predicted octanol–water partition coefficient (Wildman–Crippen LogP) is 7.09. The largest absolute Gasteiger partial charge is 0.100 e. The molecule has 2 fully saturated rings. The average Bonchev–Trinajstić information content (AvgIpc) is 2.96. The van der Waals surface area contributed by atoms with Gasteiger partial charge in [-0.25, -0.2) is 0 Å². The van der Waals surface area contributed by atoms with E-state index in [0.29, 0.717) is 0 Å². The molecule has 0 aromatic rings. The Labute approximate surface area is 135 Å². The molecule has 0 aliphatic heterocycles. The molecule has 2 heteroatoms. The Morgan fingerprint density at radius 2 is 1.52 bits per heavy atom. The summed E-state index contributed by atoms with van der Waals surface area (Å²) in [6, 6.07) is 1.34. The van der Waals surface area contributed by atoms with Crippen molar-refractivity contribution in [1.29, 1.82) is 0 Å². The van der Waals surface area contributed by atoms with Gasteiger partial charge in [0.2, 0.25) is 0 Å². The molecule has 2 rings (SSSR count). The van der Waals surface area contributed by atoms with Gasteiger partial charge in [0.25, 0.3) is 0 Å². The molecule has 0 radical (unpaired) electrons. The van der Waals surface area contributed by atoms with Crippen LogP contribution in [0.15, 0.2) is 12.2 Å². The van der Waals surface area contributed by atoms with Crippen molar-refractivity contribution in [1.82, 2.24) is 0 Å². The third-order valence-electron chi connectivity index (χ3n) is 6.36. The van der Waals surface area contributed by atoms with Gasteiger partial charge in [-0.1, -0.05) is 76.8 Å². The van der Waals surface area contributed by atoms with Crippen LogP contribution in [0.1, 0.15) is 51.4 Å². The number of rotatable bonds is 6. The Kier molecular flexibility index (Phi) is 5.62. The molecule has 21 heavy (non-hydrogen) atoms. The van der Waals surface area contributed by atoms with E-state index in [1.54, 1.807) is 31.3 Å². The maximum Gasteiger partial charge on any atom is 0.0536 e. The van der Waals surface area contributed by atoms with E-state index in [0.717, 1.165) is 17.0 Å². The van der Waals surface area contributed by atoms with E-state index < -0.39 is 16.1 Å². The van der Waals surface area contributed by atoms with Gasteiger partial charge in [0.05, 0.1) is 8.07 Å². The van der Waals surface area contributed by atoms with E-state index in [1.165, 1.54) is 31.7 Å². The van der Waals surface area contributed by atoms with Crippen LogP contribution in [0.25, 0.3) is 0 Å². The molecule has 0 spiro atoms. The second-order valence-electron chi connectivity index (χ2n) is 9.87. The second kappa shape index (κ2) is 6.74. The summed E-state index contributed by atoms with van der Waals surface area (Å²) in [5, 5.41) is 0. The Morgan fingerprint density at radius 1 is 0.905 bits per heavy atom. The lowest BCUT2D eigenvalue weighted by molar-refractivity contribution is 0.541. The molecule has 2 saturated carbocycles. The van der Waals surface area contributed by atoms with Crippen molar-refractivity contribution in [3.8, 4) is 0 Å². The van der Waals surface area contributed by atoms with Crippen LogP contribution in [-0.4, -0.2) is 16.1 Å². The molecule has 2 aliphatic carbocycles. The summed E-state index contributed by atoms with van der Waals surface area (Å²) in [6.07, 6.45) is 12.1. The predicted molar refractivity (Wildman–Crippen MR) is 103 cm³/mol. The normalized spacial score (nSPS) is 28.2. The standard InChI is InChI=1S/C19H38Si2/c1-16(15-20(2,3)4)13-17-11-12-19(14-17)21(5,6)18-9-7-8-10-18/h17-19H,1,7-15H2,2-6H3. The first-order valence-corrected chi connectivity index (χ1v) is 16.2. The van der Waals surface area contributed by atoms with Gasteiger partial charge in [-0.3, -0.25) is 0 Å². The summed E-state index contributed by atoms with van der Waals surface area (Å²) in [5.41, 5.74) is 3.83. The fourth-order valence-electron chi connectivity index (χ4n) is 5.17. The average molecular weight is 323 g/mol. The summed E-state index contributed by atoms with van der Waals surface area (Å²) in [6.45, 7) is 17.3. The highest BCUT2D eigenvalue weighted by molar-refractivity contribution is 6.80. The first-order valence-electron chi connectivity index (χ1n) is 9.35. The fraction of sp³-hybridized carbons (Fsp3) is 0.895. The summed E-state index contributed by atoms with van der Waals surface area (Å²) in [7, 11) is -1.96. The van der Waals surface area contributed by atoms with Crippen LogP contribution >= 0.6 is 0 Å². The van der Waals surface area contributed by atoms with Crippen molar-refractivity contribution >= 4 is 16.1 Å². The van der Waals surface area contributed by atoms with Gasteiger partial charge in [0, 0.05) is 8.07 Å². The molecule has 0 heterocycles. The molecule has 0 amide bonds. The zero-order valence-electron chi connectivity index (χ0n) is 15.3. The van der Waals surface area contributed by atoms with Crippen molar-refractivity contribution < 1.29 is 0 Å². The Balaban J connectivity index is 1.84. The van der Waals surface area contributed by atoms with Crippen LogP contribution < -0.4 is 0 Å². The van der Waals surface area contributed by atoms with E-state index in [1.807, 2.05) is 0 Å². The molecule has 122 valence electrons. The SMILES string of the molecule is C=C(CC1CCC([Si](C)(C)C2CCCC2)C1)C[Si](C)(C)C. The second-order valence-corrected chi connectivity index (χ2v) is 20.6. The minimum absolute atomic E-state index is 0.958. The molecule has 0 aromatic carbocycles. The van der Waals surface area contributed by atoms with E-state index in [4.69, 9.17) is 0 Å². The summed E-state index contributed by atoms with van der Waals surface area (Å²) < 4.78 is 0. The number of hydrogen-bond acceptors (Lipinski definition) is 0. The lowest BCUT2D eigenvalue weighted by Gasteiger charge is -2.36. The van der Waals surface area contributed by atoms with E-state index in [9.17, 15) is 0 Å². The zero-order chi connectivity index (χ0) is 15.7. The highest BCUT2D eigenvalue weighted by atomic mass is 28.3. The van der Waals surface area contributed by atoms with Crippen molar-refractivity contribution in [2.45, 2.75) is 101 Å². The zero-order valence-corrected chi connectivity index (χ0v) is 17.3. The minimum Gasteiger partial charge on any atom is -0.100 e. The first kappa shape index (κ1) is 17.5. The Morgan fingerprint density at radius 3 is 2.10 bits per heavy atom. The van der Waals surface area contributed by atoms with Gasteiger partial charge in [-0.2, -0.15) is 0 Å². The van der Waals surface area contributed by atoms with E-state index in [-0.39, 0.29) is 0 Å². The van der Waals surface area contributed by atoms with Gasteiger partial charge < -0.3 is 0 Å². The number of allylic oxidation sites excluding steroid dienone is 1. The van der Waals surface area contributed by atoms with Gasteiger partial charge >= 0.3 is 0 Å². The van der Waals surface area contributed by atoms with E-state index in [2.05, 4.69) is 39.3 Å². The quantitative estimate of drug-likeness (QED) is 0.361. The van der Waals surface area contributed by atoms with Crippen LogP contribution in [0.4, 0.5) is 0 Å². The molecule has 0 N–H and O–H groups in total. The summed E-state index contributed by atoms with van der Waals surface area (Å²) in [4.78, 5) is 0. The monoisotopic (exact) mass is 322 g/mol. The van der Waals surface area contributed by atoms with Crippen LogP contribution in [0.3, 0.4) is 0 Å². The third-order valence-corrected chi connectivity index (χ3v) is 13.2. The summed E-state index contributed by atoms with van der Waals surface area (Å²) in [5.74, 6) is 0.979. The summed E-state index contributed by atoms with van der Waals surface area (Å²) >= 11 is 0. The Hall–Kier alpha value is 0.174. The highest BCUT2D eigenvalue weighted by Gasteiger charge is 2.43. The topological polar surface area (TPSA) is 0 Å². The van der Waals surface area contributed by atoms with Crippen LogP contribution in [-0.2, 0) is 0 Å². The molecule has 0 nitrogen and oxygen atoms in total. The minimum atomic E-state index is -0.998. The molecule has 2 unspecified atom stereocenters. The molecular weight excluding hydrogens is 284 g/mol. The molecule has 0 aromatic heterocycles. The highest BCUT2D eigenvalue weighted by Crippen LogP contribution is 2.52. The van der Waals surface area contributed by atoms with Crippen molar-refractivity contribution in [2.24, 2.45) is 5.92 Å². The van der Waals surface area contributed by atoms with Crippen molar-refractivity contribution in [3.63, 3.8) is 0 Å². The fourth-order valence-corrected chi connectivity index (χ4v) is 11.2. The van der Waals surface area contributed by atoms with Gasteiger partial charge in [-0.05, 0) is 35.9 Å². The maximum absolute atomic E-state index is 4.41. The lowest BCUT2D eigenvalue weighted by Crippen LogP contribution is -2.36. The Bertz CT molecular complexity index is 358. The first-order chi connectivity index (χ1) is 9.68. The third kappa shape index (κ3) is 4.82. The molecule has 0 saturated heterocycles. The van der Waals surface area contributed by atoms with Crippen LogP contribution in [0.2, 0.25) is 49.9 Å². The van der Waals surface area contributed by atoms with Gasteiger partial charge in [0.1, 0.15) is 0 Å². The lowest BCUT2D eigenvalue weighted by atomic mass is 10.00. The van der Waals surface area contributed by atoms with Crippen molar-refractivity contribution in [2.75, 3.05) is 0 Å². The smallest absolute Gasteiger partial charge is 0.0536 e. The van der Waals surface area contributed by atoms with E-state index >= 15 is 0 Å². The van der Waals surface area contributed by atoms with Gasteiger partial charge in [-0.15, -0.1) is 6.58 Å². The molecule has 0 bridgehead atoms. The van der Waals surface area contributed by atoms with Crippen LogP contribution in [0, 0.1) is 5.92 Å².